The van der Waals surface area contributed by atoms with Gasteiger partial charge in [0.25, 0.3) is 5.91 Å². The topological polar surface area (TPSA) is 84.2 Å². The van der Waals surface area contributed by atoms with E-state index in [1.165, 1.54) is 29.7 Å². The van der Waals surface area contributed by atoms with Crippen molar-refractivity contribution in [1.29, 1.82) is 0 Å². The first-order valence-corrected chi connectivity index (χ1v) is 11.0. The Labute approximate surface area is 193 Å². The fourth-order valence-electron chi connectivity index (χ4n) is 3.93. The van der Waals surface area contributed by atoms with Gasteiger partial charge in [-0.05, 0) is 32.4 Å². The van der Waals surface area contributed by atoms with Gasteiger partial charge in [-0.15, -0.1) is 0 Å². The van der Waals surface area contributed by atoms with E-state index in [4.69, 9.17) is 0 Å². The van der Waals surface area contributed by atoms with Crippen LogP contribution >= 0.6 is 0 Å². The van der Waals surface area contributed by atoms with E-state index >= 15 is 0 Å². The molecular formula is C25H28N6O2. The molecule has 2 aromatic heterocycles. The molecule has 0 saturated carbocycles. The fourth-order valence-corrected chi connectivity index (χ4v) is 3.93. The molecule has 3 aromatic rings. The quantitative estimate of drug-likeness (QED) is 0.565. The predicted octanol–water partition coefficient (Wildman–Crippen LogP) is 2.64. The Morgan fingerprint density at radius 2 is 1.67 bits per heavy atom. The Balaban J connectivity index is 1.36. The van der Waals surface area contributed by atoms with Gasteiger partial charge >= 0.3 is 0 Å². The zero-order chi connectivity index (χ0) is 23.4. The molecule has 2 amide bonds. The molecule has 1 fully saturated rings. The van der Waals surface area contributed by atoms with Gasteiger partial charge < -0.3 is 9.80 Å². The first-order chi connectivity index (χ1) is 15.9. The number of carbonyl (C=O) groups is 2. The predicted molar refractivity (Wildman–Crippen MR) is 126 cm³/mol. The summed E-state index contributed by atoms with van der Waals surface area (Å²) in [5.41, 5.74) is 5.62. The van der Waals surface area contributed by atoms with Gasteiger partial charge in [0.1, 0.15) is 5.69 Å². The highest BCUT2D eigenvalue weighted by atomic mass is 16.2. The maximum absolute atomic E-state index is 12.8. The van der Waals surface area contributed by atoms with Gasteiger partial charge in [0.2, 0.25) is 5.91 Å². The summed E-state index contributed by atoms with van der Waals surface area (Å²) in [4.78, 5) is 36.8. The number of carbonyl (C=O) groups excluding carboxylic acids is 2. The summed E-state index contributed by atoms with van der Waals surface area (Å²) in [6.07, 6.45) is 7.96. The van der Waals surface area contributed by atoms with Crippen LogP contribution in [0.25, 0.3) is 6.08 Å². The molecule has 0 atom stereocenters. The first-order valence-electron chi connectivity index (χ1n) is 11.0. The SMILES string of the molecule is Cc1ccc(Cn2nc(C)c(/C=C/C(=O)N3CCN(C(=O)c4cnccn4)CC3)c2C)cc1. The van der Waals surface area contributed by atoms with E-state index < -0.39 is 0 Å². The molecule has 4 rings (SSSR count). The van der Waals surface area contributed by atoms with Gasteiger partial charge in [-0.2, -0.15) is 5.10 Å². The van der Waals surface area contributed by atoms with E-state index in [9.17, 15) is 9.59 Å². The van der Waals surface area contributed by atoms with Crippen molar-refractivity contribution in [2.45, 2.75) is 27.3 Å². The largest absolute Gasteiger partial charge is 0.336 e. The van der Waals surface area contributed by atoms with E-state index in [1.54, 1.807) is 15.9 Å². The number of piperazine rings is 1. The molecule has 8 nitrogen and oxygen atoms in total. The number of hydrogen-bond donors (Lipinski definition) is 0. The normalized spacial score (nSPS) is 14.2. The third kappa shape index (κ3) is 5.16. The van der Waals surface area contributed by atoms with Crippen LogP contribution in [0.3, 0.4) is 0 Å². The van der Waals surface area contributed by atoms with Gasteiger partial charge in [0, 0.05) is 55.9 Å². The lowest BCUT2D eigenvalue weighted by molar-refractivity contribution is -0.127. The average Bonchev–Trinajstić information content (AvgIpc) is 3.11. The van der Waals surface area contributed by atoms with Gasteiger partial charge in [-0.25, -0.2) is 4.98 Å². The van der Waals surface area contributed by atoms with E-state index in [2.05, 4.69) is 46.3 Å². The number of hydrogen-bond acceptors (Lipinski definition) is 5. The fraction of sp³-hybridized carbons (Fsp3) is 0.320. The summed E-state index contributed by atoms with van der Waals surface area (Å²) in [5, 5.41) is 4.66. The molecule has 3 heterocycles. The lowest BCUT2D eigenvalue weighted by atomic mass is 10.1. The minimum absolute atomic E-state index is 0.0633. The Morgan fingerprint density at radius 1 is 0.970 bits per heavy atom. The Bertz CT molecular complexity index is 1160. The van der Waals surface area contributed by atoms with Crippen molar-refractivity contribution in [3.8, 4) is 0 Å². The third-order valence-corrected chi connectivity index (χ3v) is 5.94. The lowest BCUT2D eigenvalue weighted by Gasteiger charge is -2.34. The van der Waals surface area contributed by atoms with E-state index in [0.29, 0.717) is 38.4 Å². The van der Waals surface area contributed by atoms with Crippen LogP contribution in [-0.4, -0.2) is 67.5 Å². The zero-order valence-electron chi connectivity index (χ0n) is 19.2. The number of nitrogens with zero attached hydrogens (tertiary/aromatic N) is 6. The summed E-state index contributed by atoms with van der Waals surface area (Å²) in [5.74, 6) is -0.218. The van der Waals surface area contributed by atoms with Crippen LogP contribution in [0.5, 0.6) is 0 Å². The Morgan fingerprint density at radius 3 is 2.33 bits per heavy atom. The molecule has 33 heavy (non-hydrogen) atoms. The summed E-state index contributed by atoms with van der Waals surface area (Å²) >= 11 is 0. The van der Waals surface area contributed by atoms with Crippen LogP contribution in [0.4, 0.5) is 0 Å². The lowest BCUT2D eigenvalue weighted by Crippen LogP contribution is -2.50. The zero-order valence-corrected chi connectivity index (χ0v) is 19.2. The highest BCUT2D eigenvalue weighted by Gasteiger charge is 2.24. The van der Waals surface area contributed by atoms with E-state index in [1.807, 2.05) is 24.6 Å². The highest BCUT2D eigenvalue weighted by Crippen LogP contribution is 2.17. The molecule has 0 spiro atoms. The van der Waals surface area contributed by atoms with Crippen LogP contribution in [0.1, 0.15) is 38.6 Å². The van der Waals surface area contributed by atoms with Crippen molar-refractivity contribution in [2.75, 3.05) is 26.2 Å². The molecule has 1 aliphatic heterocycles. The smallest absolute Gasteiger partial charge is 0.274 e. The van der Waals surface area contributed by atoms with E-state index in [0.717, 1.165) is 17.0 Å². The van der Waals surface area contributed by atoms with Crippen LogP contribution in [0.2, 0.25) is 0 Å². The maximum Gasteiger partial charge on any atom is 0.274 e. The number of aryl methyl sites for hydroxylation is 2. The second kappa shape index (κ2) is 9.77. The van der Waals surface area contributed by atoms with Gasteiger partial charge in [-0.1, -0.05) is 29.8 Å². The third-order valence-electron chi connectivity index (χ3n) is 5.94. The van der Waals surface area contributed by atoms with Crippen LogP contribution in [-0.2, 0) is 11.3 Å². The molecule has 1 saturated heterocycles. The number of aromatic nitrogens is 4. The first kappa shape index (κ1) is 22.4. The van der Waals surface area contributed by atoms with Gasteiger partial charge in [0.05, 0.1) is 18.4 Å². The van der Waals surface area contributed by atoms with Crippen molar-refractivity contribution >= 4 is 17.9 Å². The van der Waals surface area contributed by atoms with Gasteiger partial charge in [-0.3, -0.25) is 19.3 Å². The van der Waals surface area contributed by atoms with Crippen LogP contribution in [0, 0.1) is 20.8 Å². The molecule has 1 aliphatic rings. The molecule has 0 radical (unpaired) electrons. The van der Waals surface area contributed by atoms with Crippen molar-refractivity contribution < 1.29 is 9.59 Å². The number of rotatable bonds is 5. The molecule has 8 heteroatoms. The summed E-state index contributed by atoms with van der Waals surface area (Å²) < 4.78 is 1.97. The Kier molecular flexibility index (Phi) is 6.63. The highest BCUT2D eigenvalue weighted by molar-refractivity contribution is 5.93. The monoisotopic (exact) mass is 444 g/mol. The molecule has 0 aliphatic carbocycles. The average molecular weight is 445 g/mol. The minimum Gasteiger partial charge on any atom is -0.336 e. The van der Waals surface area contributed by atoms with Crippen LogP contribution < -0.4 is 0 Å². The second-order valence-corrected chi connectivity index (χ2v) is 8.27. The number of amides is 2. The molecular weight excluding hydrogens is 416 g/mol. The standard InChI is InChI=1S/C25H28N6O2/c1-18-4-6-21(7-5-18)17-31-20(3)22(19(2)28-31)8-9-24(32)29-12-14-30(15-13-29)25(33)23-16-26-10-11-27-23/h4-11,16H,12-15,17H2,1-3H3/b9-8+. The molecule has 0 bridgehead atoms. The van der Waals surface area contributed by atoms with Gasteiger partial charge in [0.15, 0.2) is 0 Å². The van der Waals surface area contributed by atoms with Crippen molar-refractivity contribution in [3.05, 3.63) is 82.7 Å². The second-order valence-electron chi connectivity index (χ2n) is 8.27. The summed E-state index contributed by atoms with van der Waals surface area (Å²) in [7, 11) is 0. The van der Waals surface area contributed by atoms with Crippen molar-refractivity contribution in [2.24, 2.45) is 0 Å². The summed E-state index contributed by atoms with van der Waals surface area (Å²) in [6, 6.07) is 8.42. The van der Waals surface area contributed by atoms with Crippen LogP contribution in [0.15, 0.2) is 48.9 Å². The van der Waals surface area contributed by atoms with E-state index in [-0.39, 0.29) is 11.8 Å². The number of benzene rings is 1. The van der Waals surface area contributed by atoms with Crippen molar-refractivity contribution in [3.63, 3.8) is 0 Å². The minimum atomic E-state index is -0.155. The molecule has 1 aromatic carbocycles. The molecule has 170 valence electrons. The Hall–Kier alpha value is -3.81. The van der Waals surface area contributed by atoms with Crippen molar-refractivity contribution in [1.82, 2.24) is 29.5 Å². The molecule has 0 N–H and O–H groups in total. The molecule has 0 unspecified atom stereocenters. The maximum atomic E-state index is 12.8. The summed E-state index contributed by atoms with van der Waals surface area (Å²) in [6.45, 7) is 8.66.